The average molecular weight is 208 g/mol. The topological polar surface area (TPSA) is 33.1 Å². The maximum atomic E-state index is 4.38. The molecule has 0 amide bonds. The zero-order chi connectivity index (χ0) is 10.7. The summed E-state index contributed by atoms with van der Waals surface area (Å²) in [4.78, 5) is 6.89. The van der Waals surface area contributed by atoms with Crippen LogP contribution in [0.25, 0.3) is 0 Å². The number of hydrogen-bond donors (Lipinski definition) is 1. The van der Waals surface area contributed by atoms with Crippen LogP contribution in [-0.4, -0.2) is 40.6 Å². The van der Waals surface area contributed by atoms with Crippen LogP contribution in [0.15, 0.2) is 12.4 Å². The molecular formula is C11H20N4. The fourth-order valence-electron chi connectivity index (χ4n) is 2.10. The van der Waals surface area contributed by atoms with E-state index in [4.69, 9.17) is 0 Å². The Bertz CT molecular complexity index is 307. The Balaban J connectivity index is 1.91. The van der Waals surface area contributed by atoms with Gasteiger partial charge in [0.25, 0.3) is 0 Å². The number of hydrogen-bond acceptors (Lipinski definition) is 3. The van der Waals surface area contributed by atoms with Crippen LogP contribution in [0.4, 0.5) is 0 Å². The molecule has 0 radical (unpaired) electrons. The number of rotatable bonds is 4. The molecule has 1 aliphatic heterocycles. The third-order valence-corrected chi connectivity index (χ3v) is 3.21. The van der Waals surface area contributed by atoms with E-state index in [0.717, 1.165) is 26.2 Å². The van der Waals surface area contributed by atoms with Gasteiger partial charge in [0, 0.05) is 31.5 Å². The van der Waals surface area contributed by atoms with Crippen molar-refractivity contribution in [1.82, 2.24) is 19.8 Å². The lowest BCUT2D eigenvalue weighted by Crippen LogP contribution is -2.40. The van der Waals surface area contributed by atoms with Gasteiger partial charge in [0.1, 0.15) is 5.82 Å². The molecule has 1 unspecified atom stereocenters. The van der Waals surface area contributed by atoms with Crippen LogP contribution in [0.5, 0.6) is 0 Å². The standard InChI is InChI=1S/C11H20N4/c1-10(3-4-12-2)15-8-7-14-6-5-13-11(14)9-15/h5-6,10,12H,3-4,7-9H2,1-2H3. The molecule has 0 spiro atoms. The molecule has 15 heavy (non-hydrogen) atoms. The van der Waals surface area contributed by atoms with E-state index in [1.54, 1.807) is 0 Å². The third kappa shape index (κ3) is 2.38. The highest BCUT2D eigenvalue weighted by molar-refractivity contribution is 4.96. The van der Waals surface area contributed by atoms with Gasteiger partial charge < -0.3 is 9.88 Å². The molecule has 4 heteroatoms. The first kappa shape index (κ1) is 10.6. The summed E-state index contributed by atoms with van der Waals surface area (Å²) >= 11 is 0. The minimum Gasteiger partial charge on any atom is -0.333 e. The van der Waals surface area contributed by atoms with Gasteiger partial charge >= 0.3 is 0 Å². The fourth-order valence-corrected chi connectivity index (χ4v) is 2.10. The quantitative estimate of drug-likeness (QED) is 0.790. The molecule has 1 N–H and O–H groups in total. The van der Waals surface area contributed by atoms with E-state index >= 15 is 0 Å². The molecule has 4 nitrogen and oxygen atoms in total. The first-order valence-corrected chi connectivity index (χ1v) is 5.70. The van der Waals surface area contributed by atoms with Gasteiger partial charge in [-0.2, -0.15) is 0 Å². The zero-order valence-corrected chi connectivity index (χ0v) is 9.61. The maximum absolute atomic E-state index is 4.38. The van der Waals surface area contributed by atoms with Crippen LogP contribution in [0.2, 0.25) is 0 Å². The Labute approximate surface area is 91.3 Å². The van der Waals surface area contributed by atoms with E-state index < -0.39 is 0 Å². The smallest absolute Gasteiger partial charge is 0.122 e. The Hall–Kier alpha value is -0.870. The number of nitrogens with zero attached hydrogens (tertiary/aromatic N) is 3. The lowest BCUT2D eigenvalue weighted by molar-refractivity contribution is 0.156. The van der Waals surface area contributed by atoms with E-state index in [0.29, 0.717) is 6.04 Å². The molecule has 1 aliphatic rings. The molecule has 0 saturated heterocycles. The van der Waals surface area contributed by atoms with Crippen molar-refractivity contribution < 1.29 is 0 Å². The zero-order valence-electron chi connectivity index (χ0n) is 9.61. The average Bonchev–Trinajstić information content (AvgIpc) is 2.72. The van der Waals surface area contributed by atoms with Crippen molar-refractivity contribution in [2.24, 2.45) is 0 Å². The summed E-state index contributed by atoms with van der Waals surface area (Å²) in [6.07, 6.45) is 5.18. The van der Waals surface area contributed by atoms with Crippen LogP contribution >= 0.6 is 0 Å². The molecule has 0 saturated carbocycles. The number of aromatic nitrogens is 2. The largest absolute Gasteiger partial charge is 0.333 e. The highest BCUT2D eigenvalue weighted by Crippen LogP contribution is 2.14. The van der Waals surface area contributed by atoms with Gasteiger partial charge in [-0.1, -0.05) is 0 Å². The summed E-state index contributed by atoms with van der Waals surface area (Å²) in [5.74, 6) is 1.21. The van der Waals surface area contributed by atoms with Gasteiger partial charge in [0.2, 0.25) is 0 Å². The normalized spacial score (nSPS) is 18.8. The van der Waals surface area contributed by atoms with Gasteiger partial charge in [-0.3, -0.25) is 4.90 Å². The van der Waals surface area contributed by atoms with Crippen molar-refractivity contribution >= 4 is 0 Å². The second kappa shape index (κ2) is 4.77. The van der Waals surface area contributed by atoms with Crippen molar-refractivity contribution in [3.05, 3.63) is 18.2 Å². The predicted octanol–water partition coefficient (Wildman–Crippen LogP) is 0.697. The van der Waals surface area contributed by atoms with Gasteiger partial charge in [-0.25, -0.2) is 4.98 Å². The number of imidazole rings is 1. The van der Waals surface area contributed by atoms with E-state index in [1.807, 2.05) is 13.2 Å². The third-order valence-electron chi connectivity index (χ3n) is 3.21. The predicted molar refractivity (Wildman–Crippen MR) is 60.6 cm³/mol. The molecule has 0 aliphatic carbocycles. The van der Waals surface area contributed by atoms with E-state index in [1.165, 1.54) is 12.2 Å². The van der Waals surface area contributed by atoms with Crippen molar-refractivity contribution in [2.75, 3.05) is 20.1 Å². The maximum Gasteiger partial charge on any atom is 0.122 e. The highest BCUT2D eigenvalue weighted by Gasteiger charge is 2.20. The van der Waals surface area contributed by atoms with E-state index in [-0.39, 0.29) is 0 Å². The number of nitrogens with one attached hydrogen (secondary N) is 1. The molecule has 84 valence electrons. The Morgan fingerprint density at radius 1 is 1.53 bits per heavy atom. The van der Waals surface area contributed by atoms with Crippen LogP contribution < -0.4 is 5.32 Å². The second-order valence-corrected chi connectivity index (χ2v) is 4.25. The summed E-state index contributed by atoms with van der Waals surface area (Å²) in [6, 6.07) is 0.642. The first-order chi connectivity index (χ1) is 7.31. The highest BCUT2D eigenvalue weighted by atomic mass is 15.2. The molecule has 1 atom stereocenters. The second-order valence-electron chi connectivity index (χ2n) is 4.25. The summed E-state index contributed by atoms with van der Waals surface area (Å²) in [6.45, 7) is 6.62. The van der Waals surface area contributed by atoms with Crippen molar-refractivity contribution in [2.45, 2.75) is 32.5 Å². The molecule has 0 bridgehead atoms. The summed E-state index contributed by atoms with van der Waals surface area (Å²) in [7, 11) is 2.01. The van der Waals surface area contributed by atoms with Gasteiger partial charge in [-0.15, -0.1) is 0 Å². The molecular weight excluding hydrogens is 188 g/mol. The molecule has 1 aromatic rings. The first-order valence-electron chi connectivity index (χ1n) is 5.70. The lowest BCUT2D eigenvalue weighted by atomic mass is 10.2. The van der Waals surface area contributed by atoms with Gasteiger partial charge in [0.05, 0.1) is 6.54 Å². The van der Waals surface area contributed by atoms with Crippen LogP contribution in [0, 0.1) is 0 Å². The number of fused-ring (bicyclic) bond motifs is 1. The Morgan fingerprint density at radius 3 is 3.20 bits per heavy atom. The van der Waals surface area contributed by atoms with Gasteiger partial charge in [0.15, 0.2) is 0 Å². The lowest BCUT2D eigenvalue weighted by Gasteiger charge is -2.32. The Morgan fingerprint density at radius 2 is 2.40 bits per heavy atom. The Kier molecular flexibility index (Phi) is 3.38. The SMILES string of the molecule is CNCCC(C)N1CCn2ccnc2C1. The van der Waals surface area contributed by atoms with Gasteiger partial charge in [-0.05, 0) is 26.9 Å². The van der Waals surface area contributed by atoms with Crippen molar-refractivity contribution in [3.8, 4) is 0 Å². The summed E-state index contributed by atoms with van der Waals surface area (Å²) in [5, 5.41) is 3.20. The molecule has 2 rings (SSSR count). The van der Waals surface area contributed by atoms with Crippen LogP contribution in [0.1, 0.15) is 19.2 Å². The minimum atomic E-state index is 0.642. The summed E-state index contributed by atoms with van der Waals surface area (Å²) < 4.78 is 2.25. The molecule has 2 heterocycles. The fraction of sp³-hybridized carbons (Fsp3) is 0.727. The summed E-state index contributed by atoms with van der Waals surface area (Å²) in [5.41, 5.74) is 0. The minimum absolute atomic E-state index is 0.642. The molecule has 0 fully saturated rings. The van der Waals surface area contributed by atoms with E-state index in [9.17, 15) is 0 Å². The van der Waals surface area contributed by atoms with Crippen molar-refractivity contribution in [3.63, 3.8) is 0 Å². The molecule has 0 aromatic carbocycles. The van der Waals surface area contributed by atoms with Crippen molar-refractivity contribution in [1.29, 1.82) is 0 Å². The van der Waals surface area contributed by atoms with Crippen LogP contribution in [-0.2, 0) is 13.1 Å². The monoisotopic (exact) mass is 208 g/mol. The van der Waals surface area contributed by atoms with E-state index in [2.05, 4.69) is 32.9 Å². The van der Waals surface area contributed by atoms with Crippen LogP contribution in [0.3, 0.4) is 0 Å². The molecule has 1 aromatic heterocycles.